The monoisotopic (exact) mass is 265 g/mol. The van der Waals surface area contributed by atoms with Crippen molar-refractivity contribution in [1.29, 1.82) is 5.41 Å². The zero-order valence-electron chi connectivity index (χ0n) is 9.64. The predicted octanol–water partition coefficient (Wildman–Crippen LogP) is 0.120. The number of hydrogen-bond donors (Lipinski definition) is 2. The molecule has 2 atom stereocenters. The molecule has 0 spiro atoms. The van der Waals surface area contributed by atoms with Crippen LogP contribution in [0.1, 0.15) is 13.3 Å². The summed E-state index contributed by atoms with van der Waals surface area (Å²) in [4.78, 5) is 1.95. The van der Waals surface area contributed by atoms with Crippen LogP contribution >= 0.6 is 11.8 Å². The van der Waals surface area contributed by atoms with Gasteiger partial charge < -0.3 is 5.73 Å². The molecule has 1 rings (SSSR count). The van der Waals surface area contributed by atoms with E-state index in [9.17, 15) is 8.42 Å². The zero-order chi connectivity index (χ0) is 12.3. The second-order valence-electron chi connectivity index (χ2n) is 4.18. The van der Waals surface area contributed by atoms with Crippen molar-refractivity contribution in [2.24, 2.45) is 5.73 Å². The van der Waals surface area contributed by atoms with Crippen LogP contribution in [-0.4, -0.2) is 54.9 Å². The molecule has 0 amide bonds. The summed E-state index contributed by atoms with van der Waals surface area (Å²) in [5.74, 6) is 1.66. The van der Waals surface area contributed by atoms with Gasteiger partial charge in [0.1, 0.15) is 5.37 Å². The number of thioether (sulfide) groups is 1. The van der Waals surface area contributed by atoms with Gasteiger partial charge in [-0.15, -0.1) is 0 Å². The van der Waals surface area contributed by atoms with E-state index < -0.39 is 15.2 Å². The topological polar surface area (TPSA) is 87.2 Å². The molecule has 16 heavy (non-hydrogen) atoms. The van der Waals surface area contributed by atoms with Crippen molar-refractivity contribution in [3.8, 4) is 0 Å². The van der Waals surface area contributed by atoms with Gasteiger partial charge in [0.15, 0.2) is 9.84 Å². The minimum Gasteiger partial charge on any atom is -0.388 e. The summed E-state index contributed by atoms with van der Waals surface area (Å²) in [5, 5.41) is 6.83. The van der Waals surface area contributed by atoms with E-state index in [2.05, 4.69) is 0 Å². The fourth-order valence-corrected chi connectivity index (χ4v) is 4.89. The van der Waals surface area contributed by atoms with Crippen LogP contribution < -0.4 is 5.73 Å². The van der Waals surface area contributed by atoms with Crippen molar-refractivity contribution >= 4 is 27.4 Å². The average Bonchev–Trinajstić information content (AvgIpc) is 2.15. The van der Waals surface area contributed by atoms with Crippen molar-refractivity contribution in [3.63, 3.8) is 0 Å². The Morgan fingerprint density at radius 1 is 1.69 bits per heavy atom. The van der Waals surface area contributed by atoms with E-state index in [0.29, 0.717) is 12.2 Å². The Bertz CT molecular complexity index is 356. The van der Waals surface area contributed by atoms with E-state index in [1.165, 1.54) is 6.26 Å². The van der Waals surface area contributed by atoms with Crippen LogP contribution in [0.25, 0.3) is 0 Å². The van der Waals surface area contributed by atoms with Crippen LogP contribution in [0.15, 0.2) is 0 Å². The van der Waals surface area contributed by atoms with Crippen LogP contribution in [0.3, 0.4) is 0 Å². The molecule has 0 aliphatic carbocycles. The van der Waals surface area contributed by atoms with Gasteiger partial charge in [-0.05, 0) is 6.92 Å². The van der Waals surface area contributed by atoms with Gasteiger partial charge in [-0.3, -0.25) is 10.3 Å². The molecule has 1 aliphatic rings. The lowest BCUT2D eigenvalue weighted by molar-refractivity contribution is 0.209. The van der Waals surface area contributed by atoms with E-state index in [-0.39, 0.29) is 11.9 Å². The third-order valence-electron chi connectivity index (χ3n) is 2.70. The van der Waals surface area contributed by atoms with Crippen LogP contribution in [0.2, 0.25) is 0 Å². The summed E-state index contributed by atoms with van der Waals surface area (Å²) in [7, 11) is -3.06. The second-order valence-corrected chi connectivity index (χ2v) is 7.53. The van der Waals surface area contributed by atoms with Crippen molar-refractivity contribution in [2.45, 2.75) is 24.8 Å². The molecule has 3 N–H and O–H groups in total. The Labute approximate surface area is 101 Å². The first-order chi connectivity index (χ1) is 7.32. The van der Waals surface area contributed by atoms with Gasteiger partial charge in [-0.2, -0.15) is 11.8 Å². The number of hydrogen-bond acceptors (Lipinski definition) is 5. The maximum atomic E-state index is 11.6. The standard InChI is InChI=1S/C9H19N3O2S2/c1-7(5-8(10)11)12-3-4-15-6-9(12)16(2,13)14/h7,9H,3-6H2,1-2H3,(H3,10,11). The lowest BCUT2D eigenvalue weighted by atomic mass is 10.2. The molecule has 1 heterocycles. The molecule has 5 nitrogen and oxygen atoms in total. The Kier molecular flexibility index (Phi) is 4.63. The van der Waals surface area contributed by atoms with Gasteiger partial charge in [0, 0.05) is 36.8 Å². The van der Waals surface area contributed by atoms with Gasteiger partial charge in [0.2, 0.25) is 0 Å². The maximum absolute atomic E-state index is 11.6. The molecule has 0 bridgehead atoms. The molecule has 94 valence electrons. The van der Waals surface area contributed by atoms with E-state index in [1.54, 1.807) is 11.8 Å². The van der Waals surface area contributed by atoms with Crippen LogP contribution in [0, 0.1) is 5.41 Å². The molecule has 2 unspecified atom stereocenters. The highest BCUT2D eigenvalue weighted by atomic mass is 32.2. The van der Waals surface area contributed by atoms with Crippen molar-refractivity contribution in [3.05, 3.63) is 0 Å². The van der Waals surface area contributed by atoms with E-state index in [4.69, 9.17) is 11.1 Å². The highest BCUT2D eigenvalue weighted by Gasteiger charge is 2.33. The lowest BCUT2D eigenvalue weighted by Crippen LogP contribution is -2.51. The van der Waals surface area contributed by atoms with Gasteiger partial charge in [-0.25, -0.2) is 8.42 Å². The highest BCUT2D eigenvalue weighted by Crippen LogP contribution is 2.23. The van der Waals surface area contributed by atoms with E-state index >= 15 is 0 Å². The Hall–Kier alpha value is -0.270. The molecular weight excluding hydrogens is 246 g/mol. The average molecular weight is 265 g/mol. The Balaban J connectivity index is 2.78. The predicted molar refractivity (Wildman–Crippen MR) is 68.7 cm³/mol. The largest absolute Gasteiger partial charge is 0.388 e. The second kappa shape index (κ2) is 5.37. The number of amidine groups is 1. The molecule has 1 aliphatic heterocycles. The molecule has 1 fully saturated rings. The summed E-state index contributed by atoms with van der Waals surface area (Å²) in [6.07, 6.45) is 1.70. The van der Waals surface area contributed by atoms with E-state index in [0.717, 1.165) is 12.3 Å². The smallest absolute Gasteiger partial charge is 0.164 e. The number of nitrogens with one attached hydrogen (secondary N) is 1. The highest BCUT2D eigenvalue weighted by molar-refractivity contribution is 8.00. The third-order valence-corrected chi connectivity index (χ3v) is 5.36. The van der Waals surface area contributed by atoms with Crippen LogP contribution in [-0.2, 0) is 9.84 Å². The van der Waals surface area contributed by atoms with Crippen LogP contribution in [0.5, 0.6) is 0 Å². The third kappa shape index (κ3) is 3.64. The number of sulfone groups is 1. The quantitative estimate of drug-likeness (QED) is 0.557. The lowest BCUT2D eigenvalue weighted by Gasteiger charge is -2.38. The SMILES string of the molecule is CC(CC(=N)N)N1CCSCC1S(C)(=O)=O. The van der Waals surface area contributed by atoms with Gasteiger partial charge >= 0.3 is 0 Å². The number of nitrogens with two attached hydrogens (primary N) is 1. The first kappa shape index (κ1) is 13.8. The zero-order valence-corrected chi connectivity index (χ0v) is 11.3. The van der Waals surface area contributed by atoms with Gasteiger partial charge in [0.05, 0.1) is 5.84 Å². The summed E-state index contributed by atoms with van der Waals surface area (Å²) in [6.45, 7) is 2.67. The molecule has 0 aromatic carbocycles. The Morgan fingerprint density at radius 2 is 2.31 bits per heavy atom. The summed E-state index contributed by atoms with van der Waals surface area (Å²) in [6, 6.07) is 0.0122. The molecular formula is C9H19N3O2S2. The maximum Gasteiger partial charge on any atom is 0.164 e. The summed E-state index contributed by atoms with van der Waals surface area (Å²) in [5.41, 5.74) is 5.36. The number of rotatable bonds is 4. The van der Waals surface area contributed by atoms with Gasteiger partial charge in [-0.1, -0.05) is 0 Å². The fourth-order valence-electron chi connectivity index (χ4n) is 1.90. The van der Waals surface area contributed by atoms with E-state index in [1.807, 2.05) is 11.8 Å². The molecule has 0 radical (unpaired) electrons. The normalized spacial score (nSPS) is 25.2. The van der Waals surface area contributed by atoms with Gasteiger partial charge in [0.25, 0.3) is 0 Å². The van der Waals surface area contributed by atoms with Crippen molar-refractivity contribution < 1.29 is 8.42 Å². The molecule has 7 heteroatoms. The van der Waals surface area contributed by atoms with Crippen molar-refractivity contribution in [1.82, 2.24) is 4.90 Å². The molecule has 0 aromatic heterocycles. The first-order valence-electron chi connectivity index (χ1n) is 5.17. The summed E-state index contributed by atoms with van der Waals surface area (Å²) >= 11 is 1.66. The molecule has 0 saturated carbocycles. The summed E-state index contributed by atoms with van der Waals surface area (Å²) < 4.78 is 23.3. The Morgan fingerprint density at radius 3 is 2.81 bits per heavy atom. The first-order valence-corrected chi connectivity index (χ1v) is 8.28. The minimum atomic E-state index is -3.06. The van der Waals surface area contributed by atoms with Crippen molar-refractivity contribution in [2.75, 3.05) is 24.3 Å². The molecule has 1 saturated heterocycles. The molecule has 0 aromatic rings. The fraction of sp³-hybridized carbons (Fsp3) is 0.889. The van der Waals surface area contributed by atoms with Crippen LogP contribution in [0.4, 0.5) is 0 Å². The minimum absolute atomic E-state index is 0.0122. The number of nitrogens with zero attached hydrogens (tertiary/aromatic N) is 1.